The van der Waals surface area contributed by atoms with E-state index < -0.39 is 0 Å². The highest BCUT2D eigenvalue weighted by molar-refractivity contribution is 7.84. The highest BCUT2D eigenvalue weighted by Crippen LogP contribution is 2.03. The Balaban J connectivity index is 3.89. The molecule has 1 N–H and O–H groups in total. The van der Waals surface area contributed by atoms with Crippen LogP contribution < -0.4 is 5.32 Å². The normalized spacial score (nSPS) is 10.4. The van der Waals surface area contributed by atoms with Gasteiger partial charge in [-0.25, -0.2) is 0 Å². The number of rotatable bonds is 6. The Labute approximate surface area is 86.4 Å². The first kappa shape index (κ1) is 12.3. The van der Waals surface area contributed by atoms with Crippen LogP contribution in [0.25, 0.3) is 0 Å². The third kappa shape index (κ3) is 6.49. The maximum atomic E-state index is 4.06. The number of likely N-dealkylation sites (N-methyl/N-ethyl adjacent to an activating group) is 2. The van der Waals surface area contributed by atoms with Crippen LogP contribution in [-0.4, -0.2) is 32.1 Å². The Hall–Kier alpha value is -0.670. The van der Waals surface area contributed by atoms with Crippen LogP contribution in [0.5, 0.6) is 0 Å². The maximum Gasteiger partial charge on any atom is 0.0299 e. The zero-order valence-electron chi connectivity index (χ0n) is 8.38. The van der Waals surface area contributed by atoms with Crippen LogP contribution >= 0.6 is 12.6 Å². The van der Waals surface area contributed by atoms with Crippen molar-refractivity contribution in [3.8, 4) is 0 Å². The lowest BCUT2D eigenvalue weighted by atomic mass is 10.3. The van der Waals surface area contributed by atoms with Crippen molar-refractivity contribution in [2.24, 2.45) is 0 Å². The fraction of sp³-hybridized carbons (Fsp3) is 0.400. The van der Waals surface area contributed by atoms with Crippen molar-refractivity contribution in [3.05, 3.63) is 35.9 Å². The predicted molar refractivity (Wildman–Crippen MR) is 63.0 cm³/mol. The highest BCUT2D eigenvalue weighted by atomic mass is 32.1. The van der Waals surface area contributed by atoms with Crippen molar-refractivity contribution in [1.29, 1.82) is 0 Å². The van der Waals surface area contributed by atoms with Gasteiger partial charge in [-0.1, -0.05) is 13.2 Å². The summed E-state index contributed by atoms with van der Waals surface area (Å²) in [6, 6.07) is 0. The molecule has 0 radical (unpaired) electrons. The van der Waals surface area contributed by atoms with Crippen LogP contribution in [0.3, 0.4) is 0 Å². The van der Waals surface area contributed by atoms with Crippen LogP contribution in [0, 0.1) is 0 Å². The first-order valence-electron chi connectivity index (χ1n) is 4.18. The molecule has 0 aromatic rings. The van der Waals surface area contributed by atoms with E-state index in [-0.39, 0.29) is 0 Å². The molecule has 0 aromatic heterocycles. The van der Waals surface area contributed by atoms with E-state index in [1.54, 1.807) is 0 Å². The second-order valence-corrected chi connectivity index (χ2v) is 3.42. The summed E-state index contributed by atoms with van der Waals surface area (Å²) in [6.07, 6.45) is 3.74. The molecular formula is C10H18N2S. The molecule has 0 aliphatic heterocycles. The number of nitrogens with one attached hydrogen (secondary N) is 1. The highest BCUT2D eigenvalue weighted by Gasteiger charge is 1.96. The Morgan fingerprint density at radius 2 is 2.08 bits per heavy atom. The minimum Gasteiger partial charge on any atom is -0.374 e. The van der Waals surface area contributed by atoms with Crippen molar-refractivity contribution in [2.75, 3.05) is 27.2 Å². The van der Waals surface area contributed by atoms with Gasteiger partial charge in [-0.15, -0.1) is 12.6 Å². The predicted octanol–water partition coefficient (Wildman–Crippen LogP) is 1.65. The van der Waals surface area contributed by atoms with Crippen LogP contribution in [-0.2, 0) is 0 Å². The largest absolute Gasteiger partial charge is 0.374 e. The van der Waals surface area contributed by atoms with Crippen LogP contribution in [0.2, 0.25) is 0 Å². The molecule has 0 heterocycles. The molecule has 0 saturated heterocycles. The molecule has 3 heteroatoms. The first-order chi connectivity index (χ1) is 6.07. The summed E-state index contributed by atoms with van der Waals surface area (Å²) >= 11 is 4.06. The average molecular weight is 198 g/mol. The molecule has 2 nitrogen and oxygen atoms in total. The van der Waals surface area contributed by atoms with Crippen LogP contribution in [0.1, 0.15) is 0 Å². The number of hydrogen-bond acceptors (Lipinski definition) is 3. The summed E-state index contributed by atoms with van der Waals surface area (Å²) in [5.74, 6) is 0. The Kier molecular flexibility index (Phi) is 6.45. The Morgan fingerprint density at radius 1 is 1.46 bits per heavy atom. The fourth-order valence-corrected chi connectivity index (χ4v) is 0.817. The molecule has 0 rings (SSSR count). The topological polar surface area (TPSA) is 15.3 Å². The molecule has 0 aliphatic carbocycles. The lowest BCUT2D eigenvalue weighted by Crippen LogP contribution is -2.25. The smallest absolute Gasteiger partial charge is 0.0299 e. The van der Waals surface area contributed by atoms with Gasteiger partial charge in [-0.3, -0.25) is 0 Å². The van der Waals surface area contributed by atoms with E-state index in [9.17, 15) is 0 Å². The molecule has 0 amide bonds. The fourth-order valence-electron chi connectivity index (χ4n) is 0.743. The second kappa shape index (κ2) is 6.80. The third-order valence-electron chi connectivity index (χ3n) is 1.66. The van der Waals surface area contributed by atoms with E-state index in [0.29, 0.717) is 0 Å². The quantitative estimate of drug-likeness (QED) is 0.498. The van der Waals surface area contributed by atoms with Gasteiger partial charge in [-0.2, -0.15) is 0 Å². The summed E-state index contributed by atoms with van der Waals surface area (Å²) in [5.41, 5.74) is 0.963. The van der Waals surface area contributed by atoms with Crippen LogP contribution in [0.4, 0.5) is 0 Å². The van der Waals surface area contributed by atoms with E-state index in [1.807, 2.05) is 26.2 Å². The van der Waals surface area contributed by atoms with Crippen LogP contribution in [0.15, 0.2) is 35.9 Å². The number of nitrogens with zero attached hydrogens (tertiary/aromatic N) is 1. The molecule has 74 valence electrons. The minimum absolute atomic E-state index is 0.739. The summed E-state index contributed by atoms with van der Waals surface area (Å²) in [5, 5.41) is 3.08. The van der Waals surface area contributed by atoms with Gasteiger partial charge in [0.05, 0.1) is 0 Å². The van der Waals surface area contributed by atoms with E-state index in [2.05, 4.69) is 36.0 Å². The zero-order chi connectivity index (χ0) is 10.3. The Bertz CT molecular complexity index is 209. The lowest BCUT2D eigenvalue weighted by molar-refractivity contribution is 0.429. The molecule has 0 aliphatic rings. The van der Waals surface area contributed by atoms with Crippen molar-refractivity contribution < 1.29 is 0 Å². The van der Waals surface area contributed by atoms with E-state index >= 15 is 0 Å². The molecule has 0 spiro atoms. The minimum atomic E-state index is 0.739. The molecule has 13 heavy (non-hydrogen) atoms. The van der Waals surface area contributed by atoms with Gasteiger partial charge in [0.15, 0.2) is 0 Å². The van der Waals surface area contributed by atoms with Gasteiger partial charge in [0.1, 0.15) is 0 Å². The summed E-state index contributed by atoms with van der Waals surface area (Å²) < 4.78 is 0. The van der Waals surface area contributed by atoms with Crippen molar-refractivity contribution >= 4 is 12.6 Å². The van der Waals surface area contributed by atoms with Gasteiger partial charge < -0.3 is 10.2 Å². The summed E-state index contributed by atoms with van der Waals surface area (Å²) in [4.78, 5) is 2.81. The lowest BCUT2D eigenvalue weighted by Gasteiger charge is -2.18. The molecule has 0 saturated carbocycles. The molecule has 0 atom stereocenters. The third-order valence-corrected chi connectivity index (χ3v) is 1.80. The Morgan fingerprint density at radius 3 is 2.54 bits per heavy atom. The number of allylic oxidation sites excluding steroid dienone is 2. The summed E-state index contributed by atoms with van der Waals surface area (Å²) in [7, 11) is 3.94. The number of thiol groups is 1. The first-order valence-corrected chi connectivity index (χ1v) is 4.63. The standard InChI is InChI=1S/C10H18N2S/c1-9(5-6-10(2)13)12(4)8-7-11-3/h5-6,11,13H,1-2,7-8H2,3-4H3/b6-5-. The maximum absolute atomic E-state index is 4.06. The van der Waals surface area contributed by atoms with E-state index in [4.69, 9.17) is 0 Å². The van der Waals surface area contributed by atoms with Crippen molar-refractivity contribution in [3.63, 3.8) is 0 Å². The average Bonchev–Trinajstić information content (AvgIpc) is 2.10. The van der Waals surface area contributed by atoms with E-state index in [0.717, 1.165) is 23.7 Å². The van der Waals surface area contributed by atoms with Gasteiger partial charge >= 0.3 is 0 Å². The molecule has 0 unspecified atom stereocenters. The molecule has 0 bridgehead atoms. The number of hydrogen-bond donors (Lipinski definition) is 2. The van der Waals surface area contributed by atoms with Gasteiger partial charge in [-0.05, 0) is 24.1 Å². The molecular weight excluding hydrogens is 180 g/mol. The van der Waals surface area contributed by atoms with Gasteiger partial charge in [0.2, 0.25) is 0 Å². The summed E-state index contributed by atoms with van der Waals surface area (Å²) in [6.45, 7) is 9.46. The second-order valence-electron chi connectivity index (χ2n) is 2.84. The van der Waals surface area contributed by atoms with Gasteiger partial charge in [0, 0.05) is 25.8 Å². The SMILES string of the molecule is C=C(S)/C=C\C(=C)N(C)CCNC. The molecule has 0 fully saturated rings. The monoisotopic (exact) mass is 198 g/mol. The molecule has 0 aromatic carbocycles. The van der Waals surface area contributed by atoms with E-state index in [1.165, 1.54) is 0 Å². The zero-order valence-corrected chi connectivity index (χ0v) is 9.27. The van der Waals surface area contributed by atoms with Gasteiger partial charge in [0.25, 0.3) is 0 Å². The van der Waals surface area contributed by atoms with Crippen molar-refractivity contribution in [2.45, 2.75) is 0 Å². The van der Waals surface area contributed by atoms with Crippen molar-refractivity contribution in [1.82, 2.24) is 10.2 Å².